The molecule has 2 rings (SSSR count). The lowest BCUT2D eigenvalue weighted by Crippen LogP contribution is -2.50. The van der Waals surface area contributed by atoms with E-state index in [2.05, 4.69) is 17.1 Å². The zero-order valence-corrected chi connectivity index (χ0v) is 14.8. The fourth-order valence-electron chi connectivity index (χ4n) is 3.18. The quantitative estimate of drug-likeness (QED) is 0.799. The van der Waals surface area contributed by atoms with E-state index < -0.39 is 0 Å². The number of carbonyl (C=O) groups excluding carboxylic acids is 1. The summed E-state index contributed by atoms with van der Waals surface area (Å²) < 4.78 is 0. The maximum Gasteiger partial charge on any atom is 0.241 e. The topological polar surface area (TPSA) is 32.3 Å². The Morgan fingerprint density at radius 2 is 2.00 bits per heavy atom. The van der Waals surface area contributed by atoms with Gasteiger partial charge < -0.3 is 5.32 Å². The Balaban J connectivity index is 2.12. The van der Waals surface area contributed by atoms with Gasteiger partial charge in [-0.1, -0.05) is 31.5 Å². The molecule has 1 N–H and O–H groups in total. The van der Waals surface area contributed by atoms with Crippen LogP contribution >= 0.6 is 12.6 Å². The molecule has 0 radical (unpaired) electrons. The predicted molar refractivity (Wildman–Crippen MR) is 96.6 cm³/mol. The number of amides is 1. The number of carbonyl (C=O) groups is 1. The second kappa shape index (κ2) is 8.02. The zero-order valence-electron chi connectivity index (χ0n) is 13.9. The fraction of sp³-hybridized carbons (Fsp3) is 0.611. The number of nitrogens with zero attached hydrogens (tertiary/aromatic N) is 1. The predicted octanol–water partition coefficient (Wildman–Crippen LogP) is 4.15. The fourth-order valence-corrected chi connectivity index (χ4v) is 3.64. The highest BCUT2D eigenvalue weighted by Crippen LogP contribution is 2.27. The van der Waals surface area contributed by atoms with Gasteiger partial charge >= 0.3 is 0 Å². The molecular formula is C18H28N2OS. The molecule has 1 heterocycles. The van der Waals surface area contributed by atoms with E-state index in [9.17, 15) is 4.79 Å². The number of unbranched alkanes of at least 4 members (excludes halogenated alkanes) is 1. The minimum absolute atomic E-state index is 0.0539. The monoisotopic (exact) mass is 320 g/mol. The number of likely N-dealkylation sites (tertiary alicyclic amines) is 1. The van der Waals surface area contributed by atoms with E-state index in [1.54, 1.807) is 0 Å². The molecule has 1 aromatic carbocycles. The van der Waals surface area contributed by atoms with E-state index in [0.717, 1.165) is 55.5 Å². The van der Waals surface area contributed by atoms with Crippen LogP contribution in [0, 0.1) is 13.8 Å². The van der Waals surface area contributed by atoms with Gasteiger partial charge in [0, 0.05) is 5.69 Å². The lowest BCUT2D eigenvalue weighted by atomic mass is 10.00. The van der Waals surface area contributed by atoms with Crippen LogP contribution in [0.25, 0.3) is 0 Å². The number of hydrogen-bond donors (Lipinski definition) is 2. The van der Waals surface area contributed by atoms with Crippen molar-refractivity contribution in [2.24, 2.45) is 0 Å². The van der Waals surface area contributed by atoms with Gasteiger partial charge in [-0.05, 0) is 57.2 Å². The van der Waals surface area contributed by atoms with Gasteiger partial charge in [0.15, 0.2) is 0 Å². The van der Waals surface area contributed by atoms with Crippen molar-refractivity contribution in [2.75, 3.05) is 11.9 Å². The molecule has 122 valence electrons. The summed E-state index contributed by atoms with van der Waals surface area (Å²) in [5.74, 6) is 0.118. The Bertz CT molecular complexity index is 498. The molecule has 0 bridgehead atoms. The summed E-state index contributed by atoms with van der Waals surface area (Å²) in [6.07, 6.45) is 5.33. The van der Waals surface area contributed by atoms with Gasteiger partial charge in [-0.15, -0.1) is 0 Å². The van der Waals surface area contributed by atoms with Gasteiger partial charge in [0.1, 0.15) is 0 Å². The summed E-state index contributed by atoms with van der Waals surface area (Å²) in [6, 6.07) is 6.05. The molecule has 22 heavy (non-hydrogen) atoms. The minimum Gasteiger partial charge on any atom is -0.324 e. The summed E-state index contributed by atoms with van der Waals surface area (Å²) >= 11 is 4.70. The Labute approximate surface area is 139 Å². The smallest absolute Gasteiger partial charge is 0.241 e. The molecular weight excluding hydrogens is 292 g/mol. The first-order valence-electron chi connectivity index (χ1n) is 8.35. The van der Waals surface area contributed by atoms with Crippen molar-refractivity contribution in [3.8, 4) is 0 Å². The van der Waals surface area contributed by atoms with E-state index in [1.165, 1.54) is 0 Å². The molecule has 3 nitrogen and oxygen atoms in total. The SMILES string of the molecule is CCCCN1C(S)CCCC1C(=O)Nc1c(C)cccc1C. The second-order valence-electron chi connectivity index (χ2n) is 6.27. The van der Waals surface area contributed by atoms with Crippen LogP contribution in [0.5, 0.6) is 0 Å². The van der Waals surface area contributed by atoms with E-state index in [1.807, 2.05) is 32.0 Å². The molecule has 0 saturated carbocycles. The first kappa shape index (κ1) is 17.4. The third-order valence-electron chi connectivity index (χ3n) is 4.52. The van der Waals surface area contributed by atoms with Crippen molar-refractivity contribution >= 4 is 24.2 Å². The number of benzene rings is 1. The van der Waals surface area contributed by atoms with Crippen molar-refractivity contribution in [1.82, 2.24) is 4.90 Å². The van der Waals surface area contributed by atoms with Crippen LogP contribution in [0.2, 0.25) is 0 Å². The number of anilines is 1. The normalized spacial score (nSPS) is 22.5. The molecule has 1 saturated heterocycles. The number of para-hydroxylation sites is 1. The third kappa shape index (κ3) is 4.05. The number of piperidine rings is 1. The van der Waals surface area contributed by atoms with E-state index in [4.69, 9.17) is 12.6 Å². The maximum absolute atomic E-state index is 12.8. The summed E-state index contributed by atoms with van der Waals surface area (Å²) in [5.41, 5.74) is 3.20. The number of hydrogen-bond acceptors (Lipinski definition) is 3. The zero-order chi connectivity index (χ0) is 16.1. The van der Waals surface area contributed by atoms with Crippen molar-refractivity contribution in [3.05, 3.63) is 29.3 Å². The molecule has 1 aromatic rings. The molecule has 0 spiro atoms. The molecule has 1 aliphatic heterocycles. The largest absolute Gasteiger partial charge is 0.324 e. The van der Waals surface area contributed by atoms with Crippen molar-refractivity contribution in [3.63, 3.8) is 0 Å². The van der Waals surface area contributed by atoms with Crippen molar-refractivity contribution in [1.29, 1.82) is 0 Å². The van der Waals surface area contributed by atoms with E-state index in [-0.39, 0.29) is 17.3 Å². The minimum atomic E-state index is -0.0539. The highest BCUT2D eigenvalue weighted by molar-refractivity contribution is 7.80. The van der Waals surface area contributed by atoms with Crippen LogP contribution in [-0.4, -0.2) is 28.8 Å². The van der Waals surface area contributed by atoms with Gasteiger partial charge in [0.2, 0.25) is 5.91 Å². The molecule has 2 atom stereocenters. The number of thiol groups is 1. The van der Waals surface area contributed by atoms with Crippen LogP contribution in [0.3, 0.4) is 0 Å². The summed E-state index contributed by atoms with van der Waals surface area (Å²) in [5, 5.41) is 3.36. The first-order valence-corrected chi connectivity index (χ1v) is 8.87. The molecule has 0 aliphatic carbocycles. The first-order chi connectivity index (χ1) is 10.5. The van der Waals surface area contributed by atoms with Crippen molar-refractivity contribution in [2.45, 2.75) is 64.3 Å². The number of aryl methyl sites for hydroxylation is 2. The summed E-state index contributed by atoms with van der Waals surface area (Å²) in [4.78, 5) is 15.1. The Morgan fingerprint density at radius 1 is 1.32 bits per heavy atom. The average molecular weight is 321 g/mol. The molecule has 1 aliphatic rings. The van der Waals surface area contributed by atoms with Crippen LogP contribution in [0.4, 0.5) is 5.69 Å². The van der Waals surface area contributed by atoms with Crippen LogP contribution in [-0.2, 0) is 4.79 Å². The van der Waals surface area contributed by atoms with Gasteiger partial charge in [-0.2, -0.15) is 12.6 Å². The highest BCUT2D eigenvalue weighted by Gasteiger charge is 2.33. The number of nitrogens with one attached hydrogen (secondary N) is 1. The number of rotatable bonds is 5. The second-order valence-corrected chi connectivity index (χ2v) is 6.87. The molecule has 1 fully saturated rings. The van der Waals surface area contributed by atoms with Gasteiger partial charge in [-0.25, -0.2) is 0 Å². The standard InChI is InChI=1S/C18H28N2OS/c1-4-5-12-20-15(10-7-11-16(20)22)18(21)19-17-13(2)8-6-9-14(17)3/h6,8-9,15-16,22H,4-5,7,10-12H2,1-3H3,(H,19,21). The third-order valence-corrected chi connectivity index (χ3v) is 5.08. The maximum atomic E-state index is 12.8. The Morgan fingerprint density at radius 3 is 2.64 bits per heavy atom. The van der Waals surface area contributed by atoms with Gasteiger partial charge in [0.25, 0.3) is 0 Å². The average Bonchev–Trinajstić information content (AvgIpc) is 2.49. The van der Waals surface area contributed by atoms with Gasteiger partial charge in [0.05, 0.1) is 11.4 Å². The molecule has 1 amide bonds. The van der Waals surface area contributed by atoms with Gasteiger partial charge in [-0.3, -0.25) is 9.69 Å². The van der Waals surface area contributed by atoms with Crippen LogP contribution in [0.15, 0.2) is 18.2 Å². The van der Waals surface area contributed by atoms with Crippen molar-refractivity contribution < 1.29 is 4.79 Å². The lowest BCUT2D eigenvalue weighted by molar-refractivity contribution is -0.122. The van der Waals surface area contributed by atoms with Crippen LogP contribution in [0.1, 0.15) is 50.2 Å². The summed E-state index contributed by atoms with van der Waals surface area (Å²) in [6.45, 7) is 7.22. The Hall–Kier alpha value is -1.00. The molecule has 0 aromatic heterocycles. The van der Waals surface area contributed by atoms with E-state index >= 15 is 0 Å². The summed E-state index contributed by atoms with van der Waals surface area (Å²) in [7, 11) is 0. The van der Waals surface area contributed by atoms with E-state index in [0.29, 0.717) is 0 Å². The Kier molecular flexibility index (Phi) is 6.33. The lowest BCUT2D eigenvalue weighted by Gasteiger charge is -2.39. The molecule has 4 heteroatoms. The molecule has 2 unspecified atom stereocenters. The highest BCUT2D eigenvalue weighted by atomic mass is 32.1. The van der Waals surface area contributed by atoms with Crippen LogP contribution < -0.4 is 5.32 Å².